The zero-order valence-corrected chi connectivity index (χ0v) is 19.9. The molecule has 33 heavy (non-hydrogen) atoms. The molecule has 168 valence electrons. The summed E-state index contributed by atoms with van der Waals surface area (Å²) in [5, 5.41) is 12.6. The normalized spacial score (nSPS) is 11.2. The molecule has 3 aromatic carbocycles. The van der Waals surface area contributed by atoms with Gasteiger partial charge in [-0.05, 0) is 42.0 Å². The van der Waals surface area contributed by atoms with Gasteiger partial charge in [0.15, 0.2) is 0 Å². The summed E-state index contributed by atoms with van der Waals surface area (Å²) in [5.41, 5.74) is 2.61. The summed E-state index contributed by atoms with van der Waals surface area (Å²) in [6.07, 6.45) is 1.17. The highest BCUT2D eigenvalue weighted by Crippen LogP contribution is 2.27. The molecule has 0 saturated heterocycles. The van der Waals surface area contributed by atoms with Crippen molar-refractivity contribution in [1.82, 2.24) is 10.2 Å². The number of sulfonamides is 1. The van der Waals surface area contributed by atoms with Crippen LogP contribution in [0.4, 0.5) is 10.8 Å². The zero-order chi connectivity index (χ0) is 23.4. The van der Waals surface area contributed by atoms with Crippen LogP contribution in [0.1, 0.15) is 15.9 Å². The van der Waals surface area contributed by atoms with E-state index in [1.807, 2.05) is 18.2 Å². The fourth-order valence-corrected chi connectivity index (χ4v) is 4.83. The maximum atomic E-state index is 12.6. The Morgan fingerprint density at radius 2 is 1.64 bits per heavy atom. The van der Waals surface area contributed by atoms with Crippen LogP contribution in [0.15, 0.2) is 78.9 Å². The quantitative estimate of drug-likeness (QED) is 0.383. The van der Waals surface area contributed by atoms with Gasteiger partial charge >= 0.3 is 0 Å². The number of benzene rings is 3. The molecule has 0 radical (unpaired) electrons. The van der Waals surface area contributed by atoms with Gasteiger partial charge in [-0.2, -0.15) is 0 Å². The van der Waals surface area contributed by atoms with Gasteiger partial charge in [0, 0.05) is 16.1 Å². The first-order valence-electron chi connectivity index (χ1n) is 9.82. The molecule has 4 aromatic rings. The Morgan fingerprint density at radius 1 is 0.970 bits per heavy atom. The third-order valence-electron chi connectivity index (χ3n) is 4.72. The van der Waals surface area contributed by atoms with Gasteiger partial charge in [-0.15, -0.1) is 10.2 Å². The second-order valence-electron chi connectivity index (χ2n) is 7.18. The standard InChI is InChI=1S/C23H19ClN4O3S2/c1-33(30,31)28(20-5-3-2-4-6-20)15-16-7-9-17(10-8-16)21(29)25-23-27-26-22(32-23)18-11-13-19(24)14-12-18/h2-14H,15H2,1H3,(H,25,27,29). The third-order valence-corrected chi connectivity index (χ3v) is 7.00. The number of amides is 1. The van der Waals surface area contributed by atoms with Crippen LogP contribution < -0.4 is 9.62 Å². The van der Waals surface area contributed by atoms with Crippen LogP contribution in [0.3, 0.4) is 0 Å². The van der Waals surface area contributed by atoms with Crippen LogP contribution in [0.5, 0.6) is 0 Å². The van der Waals surface area contributed by atoms with Crippen molar-refractivity contribution in [3.05, 3.63) is 95.0 Å². The predicted molar refractivity (Wildman–Crippen MR) is 132 cm³/mol. The van der Waals surface area contributed by atoms with Gasteiger partial charge in [0.25, 0.3) is 5.91 Å². The largest absolute Gasteiger partial charge is 0.296 e. The molecular formula is C23H19ClN4O3S2. The number of hydrogen-bond donors (Lipinski definition) is 1. The molecular weight excluding hydrogens is 480 g/mol. The summed E-state index contributed by atoms with van der Waals surface area (Å²) >= 11 is 7.17. The zero-order valence-electron chi connectivity index (χ0n) is 17.5. The maximum absolute atomic E-state index is 12.6. The van der Waals surface area contributed by atoms with E-state index in [-0.39, 0.29) is 12.5 Å². The van der Waals surface area contributed by atoms with Crippen molar-refractivity contribution < 1.29 is 13.2 Å². The van der Waals surface area contributed by atoms with Crippen LogP contribution in [0, 0.1) is 0 Å². The minimum Gasteiger partial charge on any atom is -0.296 e. The Morgan fingerprint density at radius 3 is 2.27 bits per heavy atom. The molecule has 0 bridgehead atoms. The average Bonchev–Trinajstić information content (AvgIpc) is 3.26. The van der Waals surface area contributed by atoms with E-state index >= 15 is 0 Å². The number of hydrogen-bond acceptors (Lipinski definition) is 6. The van der Waals surface area contributed by atoms with Crippen molar-refractivity contribution in [2.75, 3.05) is 15.9 Å². The molecule has 0 aliphatic heterocycles. The number of nitrogens with one attached hydrogen (secondary N) is 1. The van der Waals surface area contributed by atoms with Crippen molar-refractivity contribution in [2.24, 2.45) is 0 Å². The third kappa shape index (κ3) is 5.75. The Hall–Kier alpha value is -3.27. The molecule has 0 aliphatic carbocycles. The molecule has 0 fully saturated rings. The van der Waals surface area contributed by atoms with E-state index in [4.69, 9.17) is 11.6 Å². The summed E-state index contributed by atoms with van der Waals surface area (Å²) in [6, 6.07) is 22.8. The van der Waals surface area contributed by atoms with Gasteiger partial charge in [0.1, 0.15) is 5.01 Å². The highest BCUT2D eigenvalue weighted by molar-refractivity contribution is 7.92. The van der Waals surface area contributed by atoms with Gasteiger partial charge < -0.3 is 0 Å². The van der Waals surface area contributed by atoms with Gasteiger partial charge in [-0.3, -0.25) is 14.4 Å². The fraction of sp³-hybridized carbons (Fsp3) is 0.0870. The van der Waals surface area contributed by atoms with Gasteiger partial charge in [-0.1, -0.05) is 65.4 Å². The van der Waals surface area contributed by atoms with E-state index in [1.54, 1.807) is 60.7 Å². The van der Waals surface area contributed by atoms with Crippen molar-refractivity contribution in [2.45, 2.75) is 6.54 Å². The second-order valence-corrected chi connectivity index (χ2v) is 10.5. The van der Waals surface area contributed by atoms with Crippen LogP contribution in [-0.2, 0) is 16.6 Å². The first-order chi connectivity index (χ1) is 15.8. The van der Waals surface area contributed by atoms with Crippen molar-refractivity contribution in [1.29, 1.82) is 0 Å². The summed E-state index contributed by atoms with van der Waals surface area (Å²) in [7, 11) is -3.47. The second kappa shape index (κ2) is 9.70. The minimum atomic E-state index is -3.47. The molecule has 0 saturated carbocycles. The SMILES string of the molecule is CS(=O)(=O)N(Cc1ccc(C(=O)Nc2nnc(-c3ccc(Cl)cc3)s2)cc1)c1ccccc1. The lowest BCUT2D eigenvalue weighted by atomic mass is 10.1. The number of para-hydroxylation sites is 1. The lowest BCUT2D eigenvalue weighted by Gasteiger charge is -2.22. The molecule has 0 unspecified atom stereocenters. The van der Waals surface area contributed by atoms with Crippen molar-refractivity contribution in [3.8, 4) is 10.6 Å². The number of carbonyl (C=O) groups excluding carboxylic acids is 1. The predicted octanol–water partition coefficient (Wildman–Crippen LogP) is 5.08. The molecule has 1 aromatic heterocycles. The molecule has 0 atom stereocenters. The Bertz CT molecular complexity index is 1360. The van der Waals surface area contributed by atoms with E-state index < -0.39 is 10.0 Å². The lowest BCUT2D eigenvalue weighted by Crippen LogP contribution is -2.29. The van der Waals surface area contributed by atoms with Crippen LogP contribution >= 0.6 is 22.9 Å². The smallest absolute Gasteiger partial charge is 0.257 e. The van der Waals surface area contributed by atoms with E-state index in [9.17, 15) is 13.2 Å². The monoisotopic (exact) mass is 498 g/mol. The highest BCUT2D eigenvalue weighted by Gasteiger charge is 2.18. The number of nitrogens with zero attached hydrogens (tertiary/aromatic N) is 3. The molecule has 0 spiro atoms. The van der Waals surface area contributed by atoms with Crippen molar-refractivity contribution >= 4 is 49.7 Å². The number of rotatable bonds is 7. The average molecular weight is 499 g/mol. The van der Waals surface area contributed by atoms with Crippen LogP contribution in [0.25, 0.3) is 10.6 Å². The molecule has 10 heteroatoms. The number of aromatic nitrogens is 2. The van der Waals surface area contributed by atoms with Crippen LogP contribution in [-0.4, -0.2) is 30.8 Å². The topological polar surface area (TPSA) is 92.3 Å². The Kier molecular flexibility index (Phi) is 6.73. The summed E-state index contributed by atoms with van der Waals surface area (Å²) in [4.78, 5) is 12.6. The van der Waals surface area contributed by atoms with Gasteiger partial charge in [0.2, 0.25) is 15.2 Å². The van der Waals surface area contributed by atoms with E-state index in [2.05, 4.69) is 15.5 Å². The molecule has 1 heterocycles. The van der Waals surface area contributed by atoms with Crippen LogP contribution in [0.2, 0.25) is 5.02 Å². The Balaban J connectivity index is 1.45. The molecule has 7 nitrogen and oxygen atoms in total. The van der Waals surface area contributed by atoms with Gasteiger partial charge in [0.05, 0.1) is 18.5 Å². The molecule has 0 aliphatic rings. The highest BCUT2D eigenvalue weighted by atomic mass is 35.5. The molecule has 1 amide bonds. The summed E-state index contributed by atoms with van der Waals surface area (Å²) in [6.45, 7) is 0.158. The van der Waals surface area contributed by atoms with E-state index in [0.717, 1.165) is 11.1 Å². The summed E-state index contributed by atoms with van der Waals surface area (Å²) < 4.78 is 25.9. The maximum Gasteiger partial charge on any atom is 0.257 e. The fourth-order valence-electron chi connectivity index (χ4n) is 3.07. The lowest BCUT2D eigenvalue weighted by molar-refractivity contribution is 0.102. The first kappa shape index (κ1) is 22.9. The Labute approximate surface area is 200 Å². The molecule has 1 N–H and O–H groups in total. The number of halogens is 1. The minimum absolute atomic E-state index is 0.158. The van der Waals surface area contributed by atoms with E-state index in [1.165, 1.54) is 21.9 Å². The first-order valence-corrected chi connectivity index (χ1v) is 12.9. The van der Waals surface area contributed by atoms with Crippen molar-refractivity contribution in [3.63, 3.8) is 0 Å². The number of carbonyl (C=O) groups is 1. The van der Waals surface area contributed by atoms with E-state index in [0.29, 0.717) is 26.4 Å². The number of anilines is 2. The molecule has 4 rings (SSSR count). The summed E-state index contributed by atoms with van der Waals surface area (Å²) in [5.74, 6) is -0.330. The van der Waals surface area contributed by atoms with Gasteiger partial charge in [-0.25, -0.2) is 8.42 Å².